The highest BCUT2D eigenvalue weighted by Gasteiger charge is 2.47. The Labute approximate surface area is 118 Å². The Bertz CT molecular complexity index is 459. The topological polar surface area (TPSA) is 46.3 Å². The first kappa shape index (κ1) is 13.1. The molecule has 3 nitrogen and oxygen atoms in total. The van der Waals surface area contributed by atoms with E-state index in [1.807, 2.05) is 0 Å². The largest absolute Gasteiger partial charge is 0.335 e. The SMILES string of the molecule is CC1(C(=O)N2CCCC2c2ccsc2)CCCC1N. The van der Waals surface area contributed by atoms with Crippen molar-refractivity contribution in [3.8, 4) is 0 Å². The fraction of sp³-hybridized carbons (Fsp3) is 0.667. The van der Waals surface area contributed by atoms with E-state index in [9.17, 15) is 4.79 Å². The molecule has 104 valence electrons. The van der Waals surface area contributed by atoms with Crippen molar-refractivity contribution in [2.24, 2.45) is 11.1 Å². The number of amides is 1. The number of hydrogen-bond donors (Lipinski definition) is 1. The van der Waals surface area contributed by atoms with Crippen molar-refractivity contribution in [3.05, 3.63) is 22.4 Å². The molecule has 1 aliphatic heterocycles. The zero-order valence-corrected chi connectivity index (χ0v) is 12.3. The molecular weight excluding hydrogens is 256 g/mol. The van der Waals surface area contributed by atoms with Crippen molar-refractivity contribution in [3.63, 3.8) is 0 Å². The van der Waals surface area contributed by atoms with Crippen LogP contribution < -0.4 is 5.73 Å². The van der Waals surface area contributed by atoms with Gasteiger partial charge < -0.3 is 10.6 Å². The smallest absolute Gasteiger partial charge is 0.230 e. The van der Waals surface area contributed by atoms with E-state index >= 15 is 0 Å². The fourth-order valence-corrected chi connectivity index (χ4v) is 4.31. The van der Waals surface area contributed by atoms with E-state index in [1.165, 1.54) is 5.56 Å². The number of nitrogens with two attached hydrogens (primary N) is 1. The van der Waals surface area contributed by atoms with Gasteiger partial charge in [0.2, 0.25) is 5.91 Å². The van der Waals surface area contributed by atoms with Gasteiger partial charge in [-0.05, 0) is 55.0 Å². The monoisotopic (exact) mass is 278 g/mol. The van der Waals surface area contributed by atoms with E-state index in [4.69, 9.17) is 5.73 Å². The summed E-state index contributed by atoms with van der Waals surface area (Å²) in [5, 5.41) is 4.27. The van der Waals surface area contributed by atoms with Crippen molar-refractivity contribution in [2.75, 3.05) is 6.54 Å². The van der Waals surface area contributed by atoms with Gasteiger partial charge in [-0.2, -0.15) is 11.3 Å². The molecule has 0 aromatic carbocycles. The Hall–Kier alpha value is -0.870. The predicted octanol–water partition coefficient (Wildman–Crippen LogP) is 2.93. The normalized spacial score (nSPS) is 34.9. The van der Waals surface area contributed by atoms with Crippen LogP contribution in [0.1, 0.15) is 50.6 Å². The summed E-state index contributed by atoms with van der Waals surface area (Å²) in [5.41, 5.74) is 7.16. The highest BCUT2D eigenvalue weighted by Crippen LogP contribution is 2.42. The summed E-state index contributed by atoms with van der Waals surface area (Å²) in [7, 11) is 0. The first-order valence-electron chi connectivity index (χ1n) is 7.21. The molecule has 0 bridgehead atoms. The lowest BCUT2D eigenvalue weighted by molar-refractivity contribution is -0.142. The summed E-state index contributed by atoms with van der Waals surface area (Å²) < 4.78 is 0. The van der Waals surface area contributed by atoms with Gasteiger partial charge in [-0.15, -0.1) is 0 Å². The van der Waals surface area contributed by atoms with Crippen molar-refractivity contribution >= 4 is 17.2 Å². The molecule has 1 saturated carbocycles. The summed E-state index contributed by atoms with van der Waals surface area (Å²) >= 11 is 1.71. The van der Waals surface area contributed by atoms with Crippen LogP contribution in [-0.4, -0.2) is 23.4 Å². The summed E-state index contributed by atoms with van der Waals surface area (Å²) in [6.07, 6.45) is 5.21. The maximum absolute atomic E-state index is 12.9. The van der Waals surface area contributed by atoms with Crippen LogP contribution in [0.3, 0.4) is 0 Å². The van der Waals surface area contributed by atoms with E-state index in [-0.39, 0.29) is 23.4 Å². The van der Waals surface area contributed by atoms with Crippen molar-refractivity contribution in [1.29, 1.82) is 0 Å². The van der Waals surface area contributed by atoms with Gasteiger partial charge in [0.05, 0.1) is 11.5 Å². The van der Waals surface area contributed by atoms with Gasteiger partial charge in [0.1, 0.15) is 0 Å². The lowest BCUT2D eigenvalue weighted by Gasteiger charge is -2.35. The molecule has 4 heteroatoms. The molecule has 0 radical (unpaired) electrons. The molecule has 1 aliphatic carbocycles. The minimum Gasteiger partial charge on any atom is -0.335 e. The van der Waals surface area contributed by atoms with E-state index < -0.39 is 0 Å². The highest BCUT2D eigenvalue weighted by molar-refractivity contribution is 7.07. The van der Waals surface area contributed by atoms with Crippen LogP contribution in [0.2, 0.25) is 0 Å². The maximum atomic E-state index is 12.9. The van der Waals surface area contributed by atoms with Gasteiger partial charge in [0, 0.05) is 12.6 Å². The Morgan fingerprint density at radius 1 is 1.47 bits per heavy atom. The average Bonchev–Trinajstić information content (AvgIpc) is 3.10. The van der Waals surface area contributed by atoms with Crippen LogP contribution >= 0.6 is 11.3 Å². The van der Waals surface area contributed by atoms with Crippen LogP contribution in [0.4, 0.5) is 0 Å². The summed E-state index contributed by atoms with van der Waals surface area (Å²) in [5.74, 6) is 0.284. The van der Waals surface area contributed by atoms with Crippen molar-refractivity contribution in [1.82, 2.24) is 4.90 Å². The Morgan fingerprint density at radius 3 is 2.95 bits per heavy atom. The molecule has 1 aromatic rings. The molecule has 0 spiro atoms. The summed E-state index contributed by atoms with van der Waals surface area (Å²) in [4.78, 5) is 15.0. The summed E-state index contributed by atoms with van der Waals surface area (Å²) in [6, 6.07) is 2.46. The average molecular weight is 278 g/mol. The fourth-order valence-electron chi connectivity index (χ4n) is 3.61. The molecule has 2 fully saturated rings. The van der Waals surface area contributed by atoms with E-state index in [0.29, 0.717) is 0 Å². The van der Waals surface area contributed by atoms with Gasteiger partial charge in [-0.25, -0.2) is 0 Å². The van der Waals surface area contributed by atoms with E-state index in [0.717, 1.165) is 38.6 Å². The number of carbonyl (C=O) groups excluding carboxylic acids is 1. The van der Waals surface area contributed by atoms with Crippen molar-refractivity contribution in [2.45, 2.75) is 51.1 Å². The molecule has 2 heterocycles. The molecule has 19 heavy (non-hydrogen) atoms. The zero-order valence-electron chi connectivity index (χ0n) is 11.5. The first-order valence-corrected chi connectivity index (χ1v) is 8.16. The number of carbonyl (C=O) groups is 1. The lowest BCUT2D eigenvalue weighted by atomic mass is 9.83. The Balaban J connectivity index is 1.83. The lowest BCUT2D eigenvalue weighted by Crippen LogP contribution is -2.48. The zero-order chi connectivity index (χ0) is 13.5. The maximum Gasteiger partial charge on any atom is 0.230 e. The first-order chi connectivity index (χ1) is 9.13. The minimum atomic E-state index is -0.335. The van der Waals surface area contributed by atoms with Gasteiger partial charge in [0.15, 0.2) is 0 Å². The number of likely N-dealkylation sites (tertiary alicyclic amines) is 1. The third-order valence-corrected chi connectivity index (χ3v) is 5.66. The quantitative estimate of drug-likeness (QED) is 0.904. The van der Waals surface area contributed by atoms with Crippen molar-refractivity contribution < 1.29 is 4.79 Å². The molecule has 1 amide bonds. The number of rotatable bonds is 2. The molecule has 3 atom stereocenters. The van der Waals surface area contributed by atoms with Gasteiger partial charge >= 0.3 is 0 Å². The molecular formula is C15H22N2OS. The second-order valence-electron chi connectivity index (χ2n) is 6.13. The Morgan fingerprint density at radius 2 is 2.32 bits per heavy atom. The van der Waals surface area contributed by atoms with Crippen LogP contribution in [0.15, 0.2) is 16.8 Å². The van der Waals surface area contributed by atoms with Crippen LogP contribution in [0.25, 0.3) is 0 Å². The van der Waals surface area contributed by atoms with E-state index in [1.54, 1.807) is 11.3 Å². The Kier molecular flexibility index (Phi) is 3.39. The number of thiophene rings is 1. The van der Waals surface area contributed by atoms with Crippen LogP contribution in [-0.2, 0) is 4.79 Å². The minimum absolute atomic E-state index is 0.0312. The molecule has 2 aliphatic rings. The molecule has 2 N–H and O–H groups in total. The third kappa shape index (κ3) is 2.11. The second-order valence-corrected chi connectivity index (χ2v) is 6.91. The van der Waals surface area contributed by atoms with E-state index in [2.05, 4.69) is 28.7 Å². The molecule has 1 aromatic heterocycles. The van der Waals surface area contributed by atoms with Crippen LogP contribution in [0.5, 0.6) is 0 Å². The number of nitrogens with zero attached hydrogens (tertiary/aromatic N) is 1. The summed E-state index contributed by atoms with van der Waals surface area (Å²) in [6.45, 7) is 2.96. The third-order valence-electron chi connectivity index (χ3n) is 4.96. The van der Waals surface area contributed by atoms with Gasteiger partial charge in [0.25, 0.3) is 0 Å². The highest BCUT2D eigenvalue weighted by atomic mass is 32.1. The molecule has 3 unspecified atom stereocenters. The van der Waals surface area contributed by atoms with Gasteiger partial charge in [-0.1, -0.05) is 6.42 Å². The van der Waals surface area contributed by atoms with Crippen LogP contribution in [0, 0.1) is 5.41 Å². The standard InChI is InChI=1S/C15H22N2OS/c1-15(7-2-5-13(15)16)14(18)17-8-3-4-12(17)11-6-9-19-10-11/h6,9-10,12-13H,2-5,7-8,16H2,1H3. The number of hydrogen-bond acceptors (Lipinski definition) is 3. The predicted molar refractivity (Wildman–Crippen MR) is 77.9 cm³/mol. The molecule has 3 rings (SSSR count). The van der Waals surface area contributed by atoms with Gasteiger partial charge in [-0.3, -0.25) is 4.79 Å². The second kappa shape index (κ2) is 4.91. The molecule has 1 saturated heterocycles.